The SMILES string of the molecule is CCCNCCCCCCN(C)c1ccc(C)cc1. The van der Waals surface area contributed by atoms with Crippen molar-refractivity contribution < 1.29 is 0 Å². The molecule has 0 unspecified atom stereocenters. The lowest BCUT2D eigenvalue weighted by molar-refractivity contribution is 0.584. The number of benzene rings is 1. The monoisotopic (exact) mass is 262 g/mol. The average Bonchev–Trinajstić information content (AvgIpc) is 2.42. The molecule has 0 atom stereocenters. The maximum Gasteiger partial charge on any atom is 0.0363 e. The molecule has 0 heterocycles. The highest BCUT2D eigenvalue weighted by atomic mass is 15.1. The van der Waals surface area contributed by atoms with E-state index in [1.54, 1.807) is 0 Å². The molecule has 1 aromatic rings. The smallest absolute Gasteiger partial charge is 0.0363 e. The third kappa shape index (κ3) is 7.22. The molecule has 0 aliphatic heterocycles. The maximum absolute atomic E-state index is 3.46. The topological polar surface area (TPSA) is 15.3 Å². The molecule has 0 saturated carbocycles. The first-order chi connectivity index (χ1) is 9.24. The number of anilines is 1. The Labute approximate surface area is 119 Å². The molecular formula is C17H30N2. The first-order valence-electron chi connectivity index (χ1n) is 7.72. The second kappa shape index (κ2) is 9.85. The number of aryl methyl sites for hydroxylation is 1. The van der Waals surface area contributed by atoms with Gasteiger partial charge in [0.25, 0.3) is 0 Å². The van der Waals surface area contributed by atoms with Crippen LogP contribution in [0.15, 0.2) is 24.3 Å². The van der Waals surface area contributed by atoms with Gasteiger partial charge in [-0.3, -0.25) is 0 Å². The van der Waals surface area contributed by atoms with E-state index in [2.05, 4.69) is 55.4 Å². The molecule has 0 aliphatic carbocycles. The summed E-state index contributed by atoms with van der Waals surface area (Å²) in [7, 11) is 2.19. The molecule has 0 saturated heterocycles. The Balaban J connectivity index is 2.04. The van der Waals surface area contributed by atoms with E-state index in [1.807, 2.05) is 0 Å². The molecule has 0 spiro atoms. The van der Waals surface area contributed by atoms with Gasteiger partial charge in [0.2, 0.25) is 0 Å². The second-order valence-electron chi connectivity index (χ2n) is 5.42. The molecule has 0 amide bonds. The van der Waals surface area contributed by atoms with Gasteiger partial charge in [0.05, 0.1) is 0 Å². The van der Waals surface area contributed by atoms with Gasteiger partial charge in [0.1, 0.15) is 0 Å². The summed E-state index contributed by atoms with van der Waals surface area (Å²) in [4.78, 5) is 2.36. The van der Waals surface area contributed by atoms with Gasteiger partial charge in [0, 0.05) is 19.3 Å². The van der Waals surface area contributed by atoms with Gasteiger partial charge >= 0.3 is 0 Å². The third-order valence-electron chi connectivity index (χ3n) is 3.50. The normalized spacial score (nSPS) is 10.7. The van der Waals surface area contributed by atoms with Crippen LogP contribution in [0.1, 0.15) is 44.6 Å². The van der Waals surface area contributed by atoms with Crippen LogP contribution in [0.4, 0.5) is 5.69 Å². The number of hydrogen-bond acceptors (Lipinski definition) is 2. The first-order valence-corrected chi connectivity index (χ1v) is 7.72. The van der Waals surface area contributed by atoms with Crippen molar-refractivity contribution in [2.75, 3.05) is 31.6 Å². The Morgan fingerprint density at radius 1 is 0.947 bits per heavy atom. The minimum Gasteiger partial charge on any atom is -0.375 e. The predicted octanol–water partition coefficient (Wildman–Crippen LogP) is 3.99. The van der Waals surface area contributed by atoms with Gasteiger partial charge in [0.15, 0.2) is 0 Å². The lowest BCUT2D eigenvalue weighted by atomic mass is 10.1. The molecule has 0 bridgehead atoms. The highest BCUT2D eigenvalue weighted by Gasteiger charge is 1.99. The molecule has 0 fully saturated rings. The lowest BCUT2D eigenvalue weighted by Gasteiger charge is -2.19. The van der Waals surface area contributed by atoms with E-state index in [0.717, 1.165) is 13.1 Å². The van der Waals surface area contributed by atoms with Crippen molar-refractivity contribution in [2.45, 2.75) is 46.0 Å². The van der Waals surface area contributed by atoms with Crippen LogP contribution >= 0.6 is 0 Å². The third-order valence-corrected chi connectivity index (χ3v) is 3.50. The van der Waals surface area contributed by atoms with Crippen LogP contribution in [-0.4, -0.2) is 26.7 Å². The molecule has 2 heteroatoms. The van der Waals surface area contributed by atoms with Crippen LogP contribution in [0.2, 0.25) is 0 Å². The number of nitrogens with one attached hydrogen (secondary N) is 1. The highest BCUT2D eigenvalue weighted by molar-refractivity contribution is 5.46. The fraction of sp³-hybridized carbons (Fsp3) is 0.647. The molecule has 19 heavy (non-hydrogen) atoms. The minimum absolute atomic E-state index is 1.16. The van der Waals surface area contributed by atoms with Crippen molar-refractivity contribution in [2.24, 2.45) is 0 Å². The summed E-state index contributed by atoms with van der Waals surface area (Å²) in [5, 5.41) is 3.46. The van der Waals surface area contributed by atoms with Crippen LogP contribution in [-0.2, 0) is 0 Å². The Morgan fingerprint density at radius 3 is 2.32 bits per heavy atom. The van der Waals surface area contributed by atoms with Crippen LogP contribution in [0.25, 0.3) is 0 Å². The molecule has 1 aromatic carbocycles. The van der Waals surface area contributed by atoms with E-state index < -0.39 is 0 Å². The summed E-state index contributed by atoms with van der Waals surface area (Å²) in [6.45, 7) is 7.85. The van der Waals surface area contributed by atoms with Gasteiger partial charge in [-0.15, -0.1) is 0 Å². The zero-order valence-electron chi connectivity index (χ0n) is 12.9. The van der Waals surface area contributed by atoms with Gasteiger partial charge in [-0.25, -0.2) is 0 Å². The van der Waals surface area contributed by atoms with Crippen LogP contribution in [0, 0.1) is 6.92 Å². The number of unbranched alkanes of at least 4 members (excludes halogenated alkanes) is 3. The maximum atomic E-state index is 3.46. The Kier molecular flexibility index (Phi) is 8.31. The molecule has 0 aliphatic rings. The van der Waals surface area contributed by atoms with Gasteiger partial charge in [-0.05, 0) is 51.4 Å². The number of nitrogens with zero attached hydrogens (tertiary/aromatic N) is 1. The highest BCUT2D eigenvalue weighted by Crippen LogP contribution is 2.14. The van der Waals surface area contributed by atoms with Gasteiger partial charge in [-0.1, -0.05) is 37.5 Å². The van der Waals surface area contributed by atoms with Crippen LogP contribution in [0.3, 0.4) is 0 Å². The Bertz CT molecular complexity index is 319. The molecule has 108 valence electrons. The van der Waals surface area contributed by atoms with Crippen molar-refractivity contribution in [3.8, 4) is 0 Å². The molecular weight excluding hydrogens is 232 g/mol. The number of hydrogen-bond donors (Lipinski definition) is 1. The van der Waals surface area contributed by atoms with Crippen molar-refractivity contribution >= 4 is 5.69 Å². The minimum atomic E-state index is 1.16. The zero-order chi connectivity index (χ0) is 13.9. The molecule has 1 rings (SSSR count). The van der Waals surface area contributed by atoms with E-state index in [9.17, 15) is 0 Å². The molecule has 0 radical (unpaired) electrons. The quantitative estimate of drug-likeness (QED) is 0.641. The van der Waals surface area contributed by atoms with E-state index >= 15 is 0 Å². The fourth-order valence-corrected chi connectivity index (χ4v) is 2.18. The molecule has 1 N–H and O–H groups in total. The molecule has 0 aromatic heterocycles. The first kappa shape index (κ1) is 16.0. The van der Waals surface area contributed by atoms with Crippen LogP contribution in [0.5, 0.6) is 0 Å². The Morgan fingerprint density at radius 2 is 1.63 bits per heavy atom. The van der Waals surface area contributed by atoms with E-state index in [1.165, 1.54) is 49.9 Å². The van der Waals surface area contributed by atoms with E-state index in [4.69, 9.17) is 0 Å². The second-order valence-corrected chi connectivity index (χ2v) is 5.42. The summed E-state index contributed by atoms with van der Waals surface area (Å²) in [5.41, 5.74) is 2.66. The van der Waals surface area contributed by atoms with Crippen molar-refractivity contribution in [3.05, 3.63) is 29.8 Å². The summed E-state index contributed by atoms with van der Waals surface area (Å²) in [6, 6.07) is 8.80. The van der Waals surface area contributed by atoms with Gasteiger partial charge in [-0.2, -0.15) is 0 Å². The number of rotatable bonds is 10. The zero-order valence-corrected chi connectivity index (χ0v) is 12.9. The van der Waals surface area contributed by atoms with Crippen LogP contribution < -0.4 is 10.2 Å². The van der Waals surface area contributed by atoms with Crippen molar-refractivity contribution in [1.29, 1.82) is 0 Å². The van der Waals surface area contributed by atoms with Crippen molar-refractivity contribution in [3.63, 3.8) is 0 Å². The summed E-state index contributed by atoms with van der Waals surface area (Å²) >= 11 is 0. The van der Waals surface area contributed by atoms with E-state index in [-0.39, 0.29) is 0 Å². The summed E-state index contributed by atoms with van der Waals surface area (Å²) < 4.78 is 0. The summed E-state index contributed by atoms with van der Waals surface area (Å²) in [6.07, 6.45) is 6.52. The summed E-state index contributed by atoms with van der Waals surface area (Å²) in [5.74, 6) is 0. The van der Waals surface area contributed by atoms with Gasteiger partial charge < -0.3 is 10.2 Å². The lowest BCUT2D eigenvalue weighted by Crippen LogP contribution is -2.18. The standard InChI is InChI=1S/C17H30N2/c1-4-13-18-14-7-5-6-8-15-19(3)17-11-9-16(2)10-12-17/h9-12,18H,4-8,13-15H2,1-3H3. The fourth-order valence-electron chi connectivity index (χ4n) is 2.18. The van der Waals surface area contributed by atoms with E-state index in [0.29, 0.717) is 0 Å². The molecule has 2 nitrogen and oxygen atoms in total. The predicted molar refractivity (Wildman–Crippen MR) is 86.1 cm³/mol. The van der Waals surface area contributed by atoms with Crippen molar-refractivity contribution in [1.82, 2.24) is 5.32 Å². The largest absolute Gasteiger partial charge is 0.375 e. The average molecular weight is 262 g/mol. The Hall–Kier alpha value is -1.02.